The zero-order valence-corrected chi connectivity index (χ0v) is 22.5. The molecule has 16 heteroatoms. The Morgan fingerprint density at radius 3 is 1.03 bits per heavy atom. The fourth-order valence-electron chi connectivity index (χ4n) is 2.22. The van der Waals surface area contributed by atoms with Gasteiger partial charge in [-0.1, -0.05) is 0 Å². The van der Waals surface area contributed by atoms with Gasteiger partial charge in [0.15, 0.2) is 0 Å². The van der Waals surface area contributed by atoms with E-state index >= 15 is 0 Å². The van der Waals surface area contributed by atoms with Gasteiger partial charge < -0.3 is 45.3 Å². The van der Waals surface area contributed by atoms with Crippen LogP contribution in [0.25, 0.3) is 0 Å². The van der Waals surface area contributed by atoms with Crippen molar-refractivity contribution in [3.63, 3.8) is 0 Å². The van der Waals surface area contributed by atoms with Crippen LogP contribution in [-0.4, -0.2) is 143 Å². The zero-order chi connectivity index (χ0) is 23.5. The number of nitrogens with zero attached hydrogens (tertiary/aromatic N) is 3. The van der Waals surface area contributed by atoms with E-state index in [0.29, 0.717) is 19.6 Å². The van der Waals surface area contributed by atoms with Gasteiger partial charge in [0, 0.05) is 45.8 Å². The summed E-state index contributed by atoms with van der Waals surface area (Å²) in [5.74, 6) is -5.52. The second kappa shape index (κ2) is 25.3. The van der Waals surface area contributed by atoms with Gasteiger partial charge in [-0.3, -0.25) is 24.3 Å². The van der Waals surface area contributed by atoms with Crippen LogP contribution < -0.4 is 69.3 Å². The fraction of sp³-hybridized carbons (Fsp3) is 0.750. The molecule has 0 atom stereocenters. The van der Waals surface area contributed by atoms with E-state index in [4.69, 9.17) is 25.5 Å². The molecule has 0 aromatic rings. The van der Waals surface area contributed by atoms with Crippen molar-refractivity contribution < 1.29 is 114 Å². The number of carboxylic acid groups (broad SMARTS) is 4. The number of aliphatic carboxylic acids is 4. The van der Waals surface area contributed by atoms with Gasteiger partial charge in [-0.2, -0.15) is 0 Å². The number of hydrogen-bond donors (Lipinski definition) is 5. The van der Waals surface area contributed by atoms with Gasteiger partial charge in [-0.05, 0) is 0 Å². The smallest absolute Gasteiger partial charge is 0.549 e. The minimum absolute atomic E-state index is 0. The number of rotatable bonds is 17. The molecule has 32 heavy (non-hydrogen) atoms. The Hall–Kier alpha value is -0.360. The average molecular weight is 485 g/mol. The SMILES string of the molecule is O=C([O-])CN(CCN(CC(=O)O)CC(=O)O)CC(=O)[O-].OCCN(CCO)CCO.[Na+].[Na+]. The van der Waals surface area contributed by atoms with E-state index in [9.17, 15) is 29.4 Å². The summed E-state index contributed by atoms with van der Waals surface area (Å²) in [5, 5.41) is 63.5. The summed E-state index contributed by atoms with van der Waals surface area (Å²) in [6.07, 6.45) is 0. The van der Waals surface area contributed by atoms with Crippen LogP contribution in [0.3, 0.4) is 0 Å². The molecular formula is C16H29N3Na2O11. The van der Waals surface area contributed by atoms with Crippen LogP contribution in [0.2, 0.25) is 0 Å². The van der Waals surface area contributed by atoms with Crippen LogP contribution >= 0.6 is 0 Å². The third-order valence-corrected chi connectivity index (χ3v) is 3.40. The van der Waals surface area contributed by atoms with Crippen LogP contribution in [0.1, 0.15) is 0 Å². The third-order valence-electron chi connectivity index (χ3n) is 3.40. The molecule has 0 saturated carbocycles. The van der Waals surface area contributed by atoms with Gasteiger partial charge >= 0.3 is 71.1 Å². The second-order valence-electron chi connectivity index (χ2n) is 5.97. The van der Waals surface area contributed by atoms with E-state index in [1.807, 2.05) is 0 Å². The maximum Gasteiger partial charge on any atom is 1.00 e. The number of hydrogen-bond acceptors (Lipinski definition) is 12. The molecule has 0 heterocycles. The van der Waals surface area contributed by atoms with Crippen molar-refractivity contribution in [3.8, 4) is 0 Å². The minimum atomic E-state index is -1.51. The van der Waals surface area contributed by atoms with Crippen molar-refractivity contribution in [2.75, 3.05) is 78.7 Å². The Labute approximate surface area is 230 Å². The molecule has 14 nitrogen and oxygen atoms in total. The van der Waals surface area contributed by atoms with Crippen molar-refractivity contribution in [2.45, 2.75) is 0 Å². The maximum atomic E-state index is 10.5. The molecule has 0 saturated heterocycles. The Kier molecular flexibility index (Phi) is 30.7. The van der Waals surface area contributed by atoms with Gasteiger partial charge in [0.05, 0.1) is 44.8 Å². The summed E-state index contributed by atoms with van der Waals surface area (Å²) in [6.45, 7) is -0.997. The molecule has 0 aromatic carbocycles. The molecule has 0 bridgehead atoms. The Morgan fingerprint density at radius 2 is 0.812 bits per heavy atom. The van der Waals surface area contributed by atoms with Gasteiger partial charge in [-0.25, -0.2) is 0 Å². The second-order valence-corrected chi connectivity index (χ2v) is 5.97. The topological polar surface area (TPSA) is 225 Å². The van der Waals surface area contributed by atoms with E-state index in [2.05, 4.69) is 0 Å². The molecule has 0 aromatic heterocycles. The van der Waals surface area contributed by atoms with Crippen molar-refractivity contribution in [3.05, 3.63) is 0 Å². The van der Waals surface area contributed by atoms with Gasteiger partial charge in [0.2, 0.25) is 0 Å². The molecular weight excluding hydrogens is 456 g/mol. The third kappa shape index (κ3) is 27.7. The standard InChI is InChI=1S/C10H16N2O8.C6H15NO3.2Na/c13-7(14)3-11(4-8(15)16)1-2-12(5-9(17)18)6-10(19)20;8-4-1-7(2-5-9)3-6-10;;/h1-6H2,(H,13,14)(H,15,16)(H,17,18)(H,19,20);8-10H,1-6H2;;/q;;2*+1/p-2. The summed E-state index contributed by atoms with van der Waals surface area (Å²) in [7, 11) is 0. The largest absolute Gasteiger partial charge is 1.00 e. The first-order valence-electron chi connectivity index (χ1n) is 8.88. The number of aliphatic hydroxyl groups excluding tert-OH is 3. The monoisotopic (exact) mass is 485 g/mol. The first-order chi connectivity index (χ1) is 14.0. The molecule has 5 N–H and O–H groups in total. The zero-order valence-electron chi connectivity index (χ0n) is 18.5. The maximum absolute atomic E-state index is 10.5. The van der Waals surface area contributed by atoms with Crippen molar-refractivity contribution in [1.29, 1.82) is 0 Å². The minimum Gasteiger partial charge on any atom is -0.549 e. The van der Waals surface area contributed by atoms with Crippen LogP contribution in [-0.2, 0) is 19.2 Å². The molecule has 0 unspecified atom stereocenters. The summed E-state index contributed by atoms with van der Waals surface area (Å²) in [5.41, 5.74) is 0. The number of carboxylic acids is 4. The molecule has 0 spiro atoms. The predicted molar refractivity (Wildman–Crippen MR) is 95.9 cm³/mol. The van der Waals surface area contributed by atoms with Crippen molar-refractivity contribution >= 4 is 23.9 Å². The van der Waals surface area contributed by atoms with Gasteiger partial charge in [-0.15, -0.1) is 0 Å². The Balaban J connectivity index is -0.000000279. The molecule has 0 aliphatic heterocycles. The number of aliphatic hydroxyl groups is 3. The van der Waals surface area contributed by atoms with Gasteiger partial charge in [0.25, 0.3) is 0 Å². The quantitative estimate of drug-likeness (QED) is 0.121. The number of carbonyl (C=O) groups is 4. The summed E-state index contributed by atoms with van der Waals surface area (Å²) in [6, 6.07) is 0. The molecule has 0 aliphatic carbocycles. The van der Waals surface area contributed by atoms with E-state index in [1.165, 1.54) is 0 Å². The molecule has 0 radical (unpaired) electrons. The van der Waals surface area contributed by atoms with Gasteiger partial charge in [0.1, 0.15) is 0 Å². The van der Waals surface area contributed by atoms with E-state index in [1.54, 1.807) is 4.90 Å². The van der Waals surface area contributed by atoms with Crippen molar-refractivity contribution in [2.24, 2.45) is 0 Å². The summed E-state index contributed by atoms with van der Waals surface area (Å²) >= 11 is 0. The van der Waals surface area contributed by atoms with Crippen LogP contribution in [0.4, 0.5) is 0 Å². The van der Waals surface area contributed by atoms with Crippen LogP contribution in [0.5, 0.6) is 0 Å². The predicted octanol–water partition coefficient (Wildman–Crippen LogP) is -12.5. The molecule has 176 valence electrons. The normalized spacial score (nSPS) is 10.1. The average Bonchev–Trinajstić information content (AvgIpc) is 2.59. The van der Waals surface area contributed by atoms with E-state index in [-0.39, 0.29) is 92.0 Å². The summed E-state index contributed by atoms with van der Waals surface area (Å²) < 4.78 is 0. The van der Waals surface area contributed by atoms with Crippen LogP contribution in [0.15, 0.2) is 0 Å². The van der Waals surface area contributed by atoms with Crippen LogP contribution in [0, 0.1) is 0 Å². The first kappa shape index (κ1) is 38.9. The molecule has 0 rings (SSSR count). The van der Waals surface area contributed by atoms with Crippen molar-refractivity contribution in [1.82, 2.24) is 14.7 Å². The Bertz CT molecular complexity index is 447. The molecule has 0 amide bonds. The molecule has 0 aliphatic rings. The van der Waals surface area contributed by atoms with E-state index in [0.717, 1.165) is 9.80 Å². The first-order valence-corrected chi connectivity index (χ1v) is 8.88. The number of carbonyl (C=O) groups excluding carboxylic acids is 2. The molecule has 0 fully saturated rings. The fourth-order valence-corrected chi connectivity index (χ4v) is 2.22. The Morgan fingerprint density at radius 1 is 0.531 bits per heavy atom. The summed E-state index contributed by atoms with van der Waals surface area (Å²) in [4.78, 5) is 45.7. The van der Waals surface area contributed by atoms with E-state index < -0.39 is 50.1 Å².